The highest BCUT2D eigenvalue weighted by atomic mass is 35.5. The van der Waals surface area contributed by atoms with Gasteiger partial charge in [-0.3, -0.25) is 0 Å². The highest BCUT2D eigenvalue weighted by molar-refractivity contribution is 6.42. The van der Waals surface area contributed by atoms with E-state index in [0.717, 1.165) is 30.2 Å². The zero-order chi connectivity index (χ0) is 18.1. The molecule has 4 rings (SSSR count). The highest BCUT2D eigenvalue weighted by Crippen LogP contribution is 2.31. The summed E-state index contributed by atoms with van der Waals surface area (Å²) < 4.78 is 0. The van der Waals surface area contributed by atoms with E-state index in [1.807, 2.05) is 18.2 Å². The predicted octanol–water partition coefficient (Wildman–Crippen LogP) is 6.23. The van der Waals surface area contributed by atoms with Crippen LogP contribution < -0.4 is 10.2 Å². The van der Waals surface area contributed by atoms with Crippen LogP contribution in [0.3, 0.4) is 0 Å². The molecular weight excluding hydrogens is 363 g/mol. The number of nitrogens with one attached hydrogen (secondary N) is 1. The van der Waals surface area contributed by atoms with E-state index in [1.165, 1.54) is 11.1 Å². The van der Waals surface area contributed by atoms with E-state index < -0.39 is 0 Å². The molecule has 0 saturated carbocycles. The Morgan fingerprint density at radius 1 is 1.00 bits per heavy atom. The topological polar surface area (TPSA) is 15.3 Å². The highest BCUT2D eigenvalue weighted by Gasteiger charge is 2.21. The molecule has 2 aromatic carbocycles. The SMILES string of the molecule is Cc1ccccc1NC1=CC2C=C(C=C1)CN(c1ccc(Cl)c(Cl)c1)C2. The number of nitrogens with zero attached hydrogens (tertiary/aromatic N) is 1. The lowest BCUT2D eigenvalue weighted by atomic mass is 10.00. The molecule has 1 aliphatic heterocycles. The maximum Gasteiger partial charge on any atom is 0.0612 e. The molecule has 2 aromatic rings. The molecule has 0 amide bonds. The van der Waals surface area contributed by atoms with Crippen LogP contribution in [0, 0.1) is 12.8 Å². The molecule has 1 aliphatic carbocycles. The van der Waals surface area contributed by atoms with Gasteiger partial charge in [-0.25, -0.2) is 0 Å². The van der Waals surface area contributed by atoms with Gasteiger partial charge in [0.2, 0.25) is 0 Å². The molecule has 4 heteroatoms. The first-order chi connectivity index (χ1) is 12.6. The Hall–Kier alpha value is -2.16. The van der Waals surface area contributed by atoms with Gasteiger partial charge < -0.3 is 10.2 Å². The lowest BCUT2D eigenvalue weighted by molar-refractivity contribution is 0.701. The normalized spacial score (nSPS) is 18.9. The van der Waals surface area contributed by atoms with Gasteiger partial charge in [0.25, 0.3) is 0 Å². The second-order valence-corrected chi connectivity index (χ2v) is 7.59. The zero-order valence-corrected chi connectivity index (χ0v) is 16.1. The van der Waals surface area contributed by atoms with Crippen molar-refractivity contribution >= 4 is 34.6 Å². The van der Waals surface area contributed by atoms with E-state index in [0.29, 0.717) is 16.0 Å². The van der Waals surface area contributed by atoms with E-state index in [4.69, 9.17) is 23.2 Å². The molecule has 0 spiro atoms. The van der Waals surface area contributed by atoms with Crippen molar-refractivity contribution in [3.05, 3.63) is 93.6 Å². The Morgan fingerprint density at radius 2 is 1.85 bits per heavy atom. The number of allylic oxidation sites excluding steroid dienone is 1. The number of fused-ring (bicyclic) bond motifs is 1. The first-order valence-corrected chi connectivity index (χ1v) is 9.47. The van der Waals surface area contributed by atoms with Crippen molar-refractivity contribution in [2.45, 2.75) is 6.92 Å². The van der Waals surface area contributed by atoms with Crippen LogP contribution in [0.5, 0.6) is 0 Å². The standard InChI is InChI=1S/C22H20Cl2N2/c1-15-4-2-3-5-22(15)25-18-7-6-16-10-17(11-18)14-26(13-16)19-8-9-20(23)21(24)12-19/h2-12,17,25H,13-14H2,1H3. The number of halogens is 2. The summed E-state index contributed by atoms with van der Waals surface area (Å²) >= 11 is 12.3. The molecule has 132 valence electrons. The Labute approximate surface area is 164 Å². The molecule has 2 aliphatic rings. The van der Waals surface area contributed by atoms with Gasteiger partial charge in [0.15, 0.2) is 0 Å². The van der Waals surface area contributed by atoms with Crippen LogP contribution in [0.1, 0.15) is 5.56 Å². The van der Waals surface area contributed by atoms with E-state index in [9.17, 15) is 0 Å². The molecule has 0 aromatic heterocycles. The molecule has 0 saturated heterocycles. The minimum atomic E-state index is 0.342. The first kappa shape index (κ1) is 17.3. The van der Waals surface area contributed by atoms with Crippen LogP contribution in [0.2, 0.25) is 10.0 Å². The third kappa shape index (κ3) is 3.67. The predicted molar refractivity (Wildman–Crippen MR) is 112 cm³/mol. The summed E-state index contributed by atoms with van der Waals surface area (Å²) in [4.78, 5) is 2.35. The second kappa shape index (κ2) is 7.22. The second-order valence-electron chi connectivity index (χ2n) is 6.78. The summed E-state index contributed by atoms with van der Waals surface area (Å²) in [6.45, 7) is 3.91. The van der Waals surface area contributed by atoms with Crippen molar-refractivity contribution in [2.24, 2.45) is 5.92 Å². The Kier molecular flexibility index (Phi) is 4.80. The number of anilines is 2. The zero-order valence-electron chi connectivity index (χ0n) is 14.5. The van der Waals surface area contributed by atoms with E-state index >= 15 is 0 Å². The van der Waals surface area contributed by atoms with Crippen molar-refractivity contribution in [1.82, 2.24) is 0 Å². The number of benzene rings is 2. The van der Waals surface area contributed by atoms with Crippen molar-refractivity contribution < 1.29 is 0 Å². The molecule has 2 nitrogen and oxygen atoms in total. The van der Waals surface area contributed by atoms with Gasteiger partial charge in [0, 0.05) is 36.1 Å². The summed E-state index contributed by atoms with van der Waals surface area (Å²) in [5.41, 5.74) is 5.93. The smallest absolute Gasteiger partial charge is 0.0612 e. The Balaban J connectivity index is 1.56. The molecule has 0 radical (unpaired) electrons. The largest absolute Gasteiger partial charge is 0.366 e. The number of aryl methyl sites for hydroxylation is 1. The maximum atomic E-state index is 6.21. The lowest BCUT2D eigenvalue weighted by Crippen LogP contribution is -2.33. The molecule has 1 atom stereocenters. The van der Waals surface area contributed by atoms with Gasteiger partial charge in [0.05, 0.1) is 10.0 Å². The van der Waals surface area contributed by atoms with Crippen LogP contribution in [-0.2, 0) is 0 Å². The van der Waals surface area contributed by atoms with E-state index in [-0.39, 0.29) is 0 Å². The first-order valence-electron chi connectivity index (χ1n) is 8.72. The fraction of sp³-hybridized carbons (Fsp3) is 0.182. The van der Waals surface area contributed by atoms with Gasteiger partial charge in [-0.2, -0.15) is 0 Å². The van der Waals surface area contributed by atoms with Crippen LogP contribution in [0.4, 0.5) is 11.4 Å². The fourth-order valence-corrected chi connectivity index (χ4v) is 3.73. The molecule has 1 heterocycles. The number of para-hydroxylation sites is 1. The Morgan fingerprint density at radius 3 is 2.65 bits per heavy atom. The van der Waals surface area contributed by atoms with Crippen LogP contribution >= 0.6 is 23.2 Å². The molecule has 0 fully saturated rings. The van der Waals surface area contributed by atoms with Crippen LogP contribution in [0.25, 0.3) is 0 Å². The molecule has 2 bridgehead atoms. The van der Waals surface area contributed by atoms with Crippen molar-refractivity contribution in [3.8, 4) is 0 Å². The van der Waals surface area contributed by atoms with Crippen molar-refractivity contribution in [1.29, 1.82) is 0 Å². The average Bonchev–Trinajstić information content (AvgIpc) is 2.77. The fourth-order valence-electron chi connectivity index (χ4n) is 3.44. The van der Waals surface area contributed by atoms with Gasteiger partial charge in [0.1, 0.15) is 0 Å². The molecular formula is C22H20Cl2N2. The third-order valence-corrected chi connectivity index (χ3v) is 5.53. The van der Waals surface area contributed by atoms with Crippen LogP contribution in [-0.4, -0.2) is 13.1 Å². The van der Waals surface area contributed by atoms with Crippen molar-refractivity contribution in [2.75, 3.05) is 23.3 Å². The van der Waals surface area contributed by atoms with Crippen LogP contribution in [0.15, 0.2) is 78.0 Å². The Bertz CT molecular complexity index is 927. The number of rotatable bonds is 3. The monoisotopic (exact) mass is 382 g/mol. The summed E-state index contributed by atoms with van der Waals surface area (Å²) in [6.07, 6.45) is 8.99. The summed E-state index contributed by atoms with van der Waals surface area (Å²) in [6, 6.07) is 14.2. The lowest BCUT2D eigenvalue weighted by Gasteiger charge is -2.32. The third-order valence-electron chi connectivity index (χ3n) is 4.80. The minimum Gasteiger partial charge on any atom is -0.366 e. The van der Waals surface area contributed by atoms with Crippen molar-refractivity contribution in [3.63, 3.8) is 0 Å². The maximum absolute atomic E-state index is 6.21. The molecule has 1 N–H and O–H groups in total. The van der Waals surface area contributed by atoms with Gasteiger partial charge in [-0.1, -0.05) is 59.6 Å². The minimum absolute atomic E-state index is 0.342. The summed E-state index contributed by atoms with van der Waals surface area (Å²) in [5.74, 6) is 0.342. The van der Waals surface area contributed by atoms with Gasteiger partial charge in [-0.15, -0.1) is 0 Å². The van der Waals surface area contributed by atoms with E-state index in [2.05, 4.69) is 65.7 Å². The average molecular weight is 383 g/mol. The number of hydrogen-bond acceptors (Lipinski definition) is 2. The molecule has 1 unspecified atom stereocenters. The van der Waals surface area contributed by atoms with Gasteiger partial charge in [-0.05, 0) is 48.4 Å². The van der Waals surface area contributed by atoms with E-state index in [1.54, 1.807) is 0 Å². The summed E-state index contributed by atoms with van der Waals surface area (Å²) in [7, 11) is 0. The number of hydrogen-bond donors (Lipinski definition) is 1. The quantitative estimate of drug-likeness (QED) is 0.676. The molecule has 26 heavy (non-hydrogen) atoms. The van der Waals surface area contributed by atoms with Gasteiger partial charge >= 0.3 is 0 Å². The summed E-state index contributed by atoms with van der Waals surface area (Å²) in [5, 5.41) is 4.75.